The average molecular weight is 459 g/mol. The SMILES string of the molecule is CCCCCCCCCCCCCCCCCC(=O)NCCC[N+](C)(C)C.COC(=O)[O-]. The van der Waals surface area contributed by atoms with Gasteiger partial charge in [0.25, 0.3) is 6.16 Å². The van der Waals surface area contributed by atoms with Gasteiger partial charge in [-0.25, -0.2) is 0 Å². The number of hydrogen-bond acceptors (Lipinski definition) is 4. The minimum atomic E-state index is -1.50. The molecule has 0 unspecified atom stereocenters. The molecule has 0 atom stereocenters. The summed E-state index contributed by atoms with van der Waals surface area (Å²) in [4.78, 5) is 20.8. The van der Waals surface area contributed by atoms with Crippen LogP contribution in [0.15, 0.2) is 0 Å². The van der Waals surface area contributed by atoms with E-state index in [4.69, 9.17) is 9.90 Å². The Morgan fingerprint density at radius 1 is 0.719 bits per heavy atom. The monoisotopic (exact) mass is 458 g/mol. The number of carbonyl (C=O) groups excluding carboxylic acids is 2. The van der Waals surface area contributed by atoms with Crippen molar-refractivity contribution in [1.82, 2.24) is 5.32 Å². The standard InChI is InChI=1S/C24H50N2O.C2H4O3/c1-5-6-7-8-9-10-11-12-13-14-15-16-17-18-19-21-24(27)25-22-20-23-26(2,3)4;1-5-2(3)4/h5-23H2,1-4H3;1H3,(H,3,4). The lowest BCUT2D eigenvalue weighted by Gasteiger charge is -2.23. The molecule has 0 bridgehead atoms. The Morgan fingerprint density at radius 2 is 1.09 bits per heavy atom. The van der Waals surface area contributed by atoms with Crippen LogP contribution in [0.25, 0.3) is 0 Å². The Bertz CT molecular complexity index is 423. The van der Waals surface area contributed by atoms with Crippen molar-refractivity contribution in [3.63, 3.8) is 0 Å². The van der Waals surface area contributed by atoms with E-state index < -0.39 is 6.16 Å². The zero-order valence-corrected chi connectivity index (χ0v) is 22.0. The predicted octanol–water partition coefficient (Wildman–Crippen LogP) is 5.44. The van der Waals surface area contributed by atoms with Crippen molar-refractivity contribution < 1.29 is 23.9 Å². The number of rotatable bonds is 20. The summed E-state index contributed by atoms with van der Waals surface area (Å²) in [6, 6.07) is 0. The molecule has 0 radical (unpaired) electrons. The molecule has 0 spiro atoms. The minimum absolute atomic E-state index is 0.242. The number of amides is 1. The summed E-state index contributed by atoms with van der Waals surface area (Å²) in [5, 5.41) is 12.1. The van der Waals surface area contributed by atoms with E-state index in [1.807, 2.05) is 0 Å². The van der Waals surface area contributed by atoms with E-state index in [1.165, 1.54) is 89.9 Å². The van der Waals surface area contributed by atoms with Gasteiger partial charge in [-0.05, 0) is 6.42 Å². The van der Waals surface area contributed by atoms with E-state index in [0.717, 1.165) is 37.5 Å². The van der Waals surface area contributed by atoms with Crippen LogP contribution in [-0.2, 0) is 9.53 Å². The van der Waals surface area contributed by atoms with Gasteiger partial charge in [0, 0.05) is 26.5 Å². The van der Waals surface area contributed by atoms with Gasteiger partial charge < -0.3 is 24.4 Å². The highest BCUT2D eigenvalue weighted by atomic mass is 16.6. The first-order chi connectivity index (χ1) is 15.2. The van der Waals surface area contributed by atoms with Crippen molar-refractivity contribution in [3.05, 3.63) is 0 Å². The fourth-order valence-corrected chi connectivity index (χ4v) is 3.53. The summed E-state index contributed by atoms with van der Waals surface area (Å²) in [6.07, 6.45) is 20.8. The molecule has 6 nitrogen and oxygen atoms in total. The Kier molecular flexibility index (Phi) is 25.0. The number of unbranched alkanes of at least 4 members (excludes halogenated alkanes) is 14. The Morgan fingerprint density at radius 3 is 1.44 bits per heavy atom. The first-order valence-corrected chi connectivity index (χ1v) is 13.0. The van der Waals surface area contributed by atoms with Crippen molar-refractivity contribution in [2.75, 3.05) is 41.3 Å². The van der Waals surface area contributed by atoms with E-state index in [2.05, 4.69) is 38.1 Å². The Labute approximate surface area is 199 Å². The highest BCUT2D eigenvalue weighted by Gasteiger charge is 2.06. The van der Waals surface area contributed by atoms with Crippen LogP contribution in [-0.4, -0.2) is 57.9 Å². The van der Waals surface area contributed by atoms with Gasteiger partial charge in [-0.15, -0.1) is 0 Å². The molecule has 0 saturated heterocycles. The number of nitrogens with one attached hydrogen (secondary N) is 1. The van der Waals surface area contributed by atoms with Gasteiger partial charge in [0.05, 0.1) is 27.7 Å². The fraction of sp³-hybridized carbons (Fsp3) is 0.923. The molecule has 0 heterocycles. The van der Waals surface area contributed by atoms with Gasteiger partial charge in [0.15, 0.2) is 0 Å². The lowest BCUT2D eigenvalue weighted by atomic mass is 10.0. The molecule has 192 valence electrons. The quantitative estimate of drug-likeness (QED) is 0.150. The molecule has 0 aliphatic carbocycles. The third-order valence-corrected chi connectivity index (χ3v) is 5.50. The predicted molar refractivity (Wildman–Crippen MR) is 132 cm³/mol. The van der Waals surface area contributed by atoms with Crippen LogP contribution in [0.2, 0.25) is 0 Å². The van der Waals surface area contributed by atoms with Crippen LogP contribution in [0.1, 0.15) is 116 Å². The molecule has 1 amide bonds. The van der Waals surface area contributed by atoms with Crippen LogP contribution in [0.4, 0.5) is 4.79 Å². The van der Waals surface area contributed by atoms with Crippen LogP contribution >= 0.6 is 0 Å². The fourth-order valence-electron chi connectivity index (χ4n) is 3.53. The third kappa shape index (κ3) is 33.3. The Balaban J connectivity index is 0. The molecular formula is C26H54N2O4. The second-order valence-electron chi connectivity index (χ2n) is 9.87. The number of carboxylic acid groups (broad SMARTS) is 1. The van der Waals surface area contributed by atoms with Crippen molar-refractivity contribution in [2.24, 2.45) is 0 Å². The van der Waals surface area contributed by atoms with Gasteiger partial charge in [-0.3, -0.25) is 4.79 Å². The van der Waals surface area contributed by atoms with Crippen molar-refractivity contribution in [2.45, 2.75) is 116 Å². The number of hydrogen-bond donors (Lipinski definition) is 1. The van der Waals surface area contributed by atoms with Gasteiger partial charge in [-0.2, -0.15) is 0 Å². The van der Waals surface area contributed by atoms with Gasteiger partial charge in [0.1, 0.15) is 0 Å². The van der Waals surface area contributed by atoms with E-state index in [9.17, 15) is 4.79 Å². The van der Waals surface area contributed by atoms with Crippen molar-refractivity contribution >= 4 is 12.1 Å². The van der Waals surface area contributed by atoms with Crippen LogP contribution in [0.3, 0.4) is 0 Å². The number of carbonyl (C=O) groups is 2. The summed E-state index contributed by atoms with van der Waals surface area (Å²) < 4.78 is 4.52. The summed E-state index contributed by atoms with van der Waals surface area (Å²) in [5.74, 6) is 0.242. The topological polar surface area (TPSA) is 78.5 Å². The van der Waals surface area contributed by atoms with Crippen molar-refractivity contribution in [3.8, 4) is 0 Å². The second-order valence-corrected chi connectivity index (χ2v) is 9.87. The molecule has 32 heavy (non-hydrogen) atoms. The first kappa shape index (κ1) is 32.9. The molecule has 0 saturated carbocycles. The van der Waals surface area contributed by atoms with Crippen LogP contribution < -0.4 is 10.4 Å². The lowest BCUT2D eigenvalue weighted by molar-refractivity contribution is -0.870. The second kappa shape index (κ2) is 24.3. The summed E-state index contributed by atoms with van der Waals surface area (Å²) in [7, 11) is 7.61. The lowest BCUT2D eigenvalue weighted by Crippen LogP contribution is -2.37. The summed E-state index contributed by atoms with van der Waals surface area (Å²) in [6.45, 7) is 4.22. The average Bonchev–Trinajstić information content (AvgIpc) is 2.73. The van der Waals surface area contributed by atoms with E-state index in [1.54, 1.807) is 0 Å². The molecule has 0 fully saturated rings. The summed E-state index contributed by atoms with van der Waals surface area (Å²) >= 11 is 0. The zero-order valence-electron chi connectivity index (χ0n) is 22.0. The van der Waals surface area contributed by atoms with Crippen LogP contribution in [0, 0.1) is 0 Å². The number of quaternary nitrogens is 1. The zero-order chi connectivity index (χ0) is 24.5. The van der Waals surface area contributed by atoms with Crippen LogP contribution in [0.5, 0.6) is 0 Å². The van der Waals surface area contributed by atoms with Gasteiger partial charge >= 0.3 is 0 Å². The normalized spacial score (nSPS) is 10.9. The minimum Gasteiger partial charge on any atom is -0.553 e. The number of methoxy groups -OCH3 is 1. The molecule has 0 aliphatic heterocycles. The van der Waals surface area contributed by atoms with E-state index in [-0.39, 0.29) is 5.91 Å². The maximum Gasteiger partial charge on any atom is 0.251 e. The molecule has 6 heteroatoms. The molecule has 0 aromatic carbocycles. The molecule has 0 aromatic rings. The van der Waals surface area contributed by atoms with E-state index >= 15 is 0 Å². The first-order valence-electron chi connectivity index (χ1n) is 13.0. The highest BCUT2D eigenvalue weighted by Crippen LogP contribution is 2.13. The molecule has 1 N–H and O–H groups in total. The molecule has 0 rings (SSSR count). The molecule has 0 aliphatic rings. The van der Waals surface area contributed by atoms with Gasteiger partial charge in [0.2, 0.25) is 5.91 Å². The third-order valence-electron chi connectivity index (χ3n) is 5.50. The summed E-state index contributed by atoms with van der Waals surface area (Å²) in [5.41, 5.74) is 0. The van der Waals surface area contributed by atoms with Gasteiger partial charge in [-0.1, -0.05) is 96.8 Å². The van der Waals surface area contributed by atoms with Crippen molar-refractivity contribution in [1.29, 1.82) is 0 Å². The Hall–Kier alpha value is -1.30. The maximum absolute atomic E-state index is 11.8. The number of ether oxygens (including phenoxy) is 1. The highest BCUT2D eigenvalue weighted by molar-refractivity contribution is 5.75. The largest absolute Gasteiger partial charge is 0.553 e. The van der Waals surface area contributed by atoms with E-state index in [0.29, 0.717) is 6.42 Å². The smallest absolute Gasteiger partial charge is 0.251 e. The maximum atomic E-state index is 11.8. The number of nitrogens with zero attached hydrogens (tertiary/aromatic N) is 1. The molecular weight excluding hydrogens is 404 g/mol. The molecule has 0 aromatic heterocycles.